The lowest BCUT2D eigenvalue weighted by atomic mass is 10.3. The maximum absolute atomic E-state index is 11.6. The third-order valence-corrected chi connectivity index (χ3v) is 4.26. The van der Waals surface area contributed by atoms with Crippen LogP contribution in [0.5, 0.6) is 0 Å². The van der Waals surface area contributed by atoms with Crippen molar-refractivity contribution in [2.24, 2.45) is 13.0 Å². The van der Waals surface area contributed by atoms with Gasteiger partial charge in [-0.25, -0.2) is 18.1 Å². The van der Waals surface area contributed by atoms with Crippen LogP contribution in [-0.2, 0) is 23.5 Å². The van der Waals surface area contributed by atoms with Crippen LogP contribution in [0.2, 0.25) is 0 Å². The molecule has 1 N–H and O–H groups in total. The number of nitrogens with one attached hydrogen (secondary N) is 1. The Balaban J connectivity index is 2.35. The van der Waals surface area contributed by atoms with Crippen LogP contribution in [0.3, 0.4) is 0 Å². The van der Waals surface area contributed by atoms with Crippen molar-refractivity contribution in [3.05, 3.63) is 12.2 Å². The average Bonchev–Trinajstić information content (AvgIpc) is 2.63. The molecule has 0 aliphatic carbocycles. The topological polar surface area (TPSA) is 76.9 Å². The fourth-order valence-electron chi connectivity index (χ4n) is 1.29. The summed E-state index contributed by atoms with van der Waals surface area (Å²) < 4.78 is 27.2. The lowest BCUT2D eigenvalue weighted by Gasteiger charge is -2.09. The third-order valence-electron chi connectivity index (χ3n) is 2.08. The van der Waals surface area contributed by atoms with Crippen LogP contribution in [0.15, 0.2) is 6.33 Å². The molecule has 0 saturated heterocycles. The molecule has 6 nitrogen and oxygen atoms in total. The van der Waals surface area contributed by atoms with Gasteiger partial charge >= 0.3 is 0 Å². The summed E-state index contributed by atoms with van der Waals surface area (Å²) in [4.78, 5) is 4.01. The fraction of sp³-hybridized carbons (Fsp3) is 0.778. The van der Waals surface area contributed by atoms with Crippen molar-refractivity contribution < 1.29 is 8.42 Å². The summed E-state index contributed by atoms with van der Waals surface area (Å²) in [5, 5.41) is 4.06. The molecule has 0 amide bonds. The van der Waals surface area contributed by atoms with E-state index in [0.717, 1.165) is 0 Å². The summed E-state index contributed by atoms with van der Waals surface area (Å²) in [5.74, 6) is 0.956. The molecular weight excluding hydrogens is 264 g/mol. The van der Waals surface area contributed by atoms with Crippen molar-refractivity contribution in [2.75, 3.05) is 18.2 Å². The Morgan fingerprint density at radius 3 is 2.82 bits per heavy atom. The van der Waals surface area contributed by atoms with Crippen molar-refractivity contribution in [1.29, 1.82) is 0 Å². The monoisotopic (exact) mass is 280 g/mol. The number of rotatable bonds is 7. The SMILES string of the molecule is CC(CCl)CS(=O)(=O)NCCc1ncn(C)n1. The first-order chi connectivity index (χ1) is 7.93. The van der Waals surface area contributed by atoms with Crippen molar-refractivity contribution in [3.63, 3.8) is 0 Å². The first-order valence-corrected chi connectivity index (χ1v) is 7.49. The molecule has 17 heavy (non-hydrogen) atoms. The largest absolute Gasteiger partial charge is 0.256 e. The van der Waals surface area contributed by atoms with E-state index in [-0.39, 0.29) is 11.7 Å². The van der Waals surface area contributed by atoms with Gasteiger partial charge < -0.3 is 0 Å². The van der Waals surface area contributed by atoms with E-state index in [1.165, 1.54) is 0 Å². The van der Waals surface area contributed by atoms with E-state index in [4.69, 9.17) is 11.6 Å². The number of hydrogen-bond donors (Lipinski definition) is 1. The van der Waals surface area contributed by atoms with Crippen molar-refractivity contribution >= 4 is 21.6 Å². The van der Waals surface area contributed by atoms with E-state index in [9.17, 15) is 8.42 Å². The highest BCUT2D eigenvalue weighted by Gasteiger charge is 2.14. The summed E-state index contributed by atoms with van der Waals surface area (Å²) in [6, 6.07) is 0. The number of halogens is 1. The average molecular weight is 281 g/mol. The maximum Gasteiger partial charge on any atom is 0.211 e. The van der Waals surface area contributed by atoms with E-state index in [0.29, 0.717) is 24.7 Å². The first-order valence-electron chi connectivity index (χ1n) is 5.31. The predicted octanol–water partition coefficient (Wildman–Crippen LogP) is 0.152. The predicted molar refractivity (Wildman–Crippen MR) is 66.4 cm³/mol. The summed E-state index contributed by atoms with van der Waals surface area (Å²) in [6.45, 7) is 2.11. The molecule has 1 rings (SSSR count). The maximum atomic E-state index is 11.6. The number of hydrogen-bond acceptors (Lipinski definition) is 4. The van der Waals surface area contributed by atoms with Crippen LogP contribution in [0.1, 0.15) is 12.7 Å². The molecule has 8 heteroatoms. The standard InChI is InChI=1S/C9H17ClN4O2S/c1-8(5-10)6-17(15,16)12-4-3-9-11-7-14(2)13-9/h7-8,12H,3-6H2,1-2H3. The minimum Gasteiger partial charge on any atom is -0.256 e. The molecule has 0 spiro atoms. The van der Waals surface area contributed by atoms with Crippen LogP contribution in [0.25, 0.3) is 0 Å². The molecule has 0 aliphatic rings. The van der Waals surface area contributed by atoms with E-state index >= 15 is 0 Å². The van der Waals surface area contributed by atoms with Gasteiger partial charge in [-0.05, 0) is 5.92 Å². The van der Waals surface area contributed by atoms with E-state index in [1.807, 2.05) is 0 Å². The molecule has 98 valence electrons. The van der Waals surface area contributed by atoms with Crippen LogP contribution in [-0.4, -0.2) is 41.4 Å². The molecule has 0 aliphatic heterocycles. The molecule has 0 aromatic carbocycles. The van der Waals surface area contributed by atoms with Crippen molar-refractivity contribution in [3.8, 4) is 0 Å². The summed E-state index contributed by atoms with van der Waals surface area (Å²) in [5.41, 5.74) is 0. The second kappa shape index (κ2) is 6.32. The fourth-order valence-corrected chi connectivity index (χ4v) is 2.93. The van der Waals surface area contributed by atoms with E-state index in [2.05, 4.69) is 14.8 Å². The van der Waals surface area contributed by atoms with Gasteiger partial charge in [0, 0.05) is 25.9 Å². The molecule has 0 radical (unpaired) electrons. The second-order valence-electron chi connectivity index (χ2n) is 4.02. The van der Waals surface area contributed by atoms with Crippen LogP contribution in [0, 0.1) is 5.92 Å². The van der Waals surface area contributed by atoms with Crippen molar-refractivity contribution in [2.45, 2.75) is 13.3 Å². The van der Waals surface area contributed by atoms with Gasteiger partial charge in [0.15, 0.2) is 5.82 Å². The first kappa shape index (κ1) is 14.4. The van der Waals surface area contributed by atoms with Gasteiger partial charge in [0.1, 0.15) is 6.33 Å². The molecule has 1 heterocycles. The molecule has 1 unspecified atom stereocenters. The number of sulfonamides is 1. The van der Waals surface area contributed by atoms with Crippen molar-refractivity contribution in [1.82, 2.24) is 19.5 Å². The van der Waals surface area contributed by atoms with Gasteiger partial charge in [0.05, 0.1) is 5.75 Å². The Morgan fingerprint density at radius 1 is 1.59 bits per heavy atom. The highest BCUT2D eigenvalue weighted by Crippen LogP contribution is 2.02. The molecule has 1 atom stereocenters. The lowest BCUT2D eigenvalue weighted by Crippen LogP contribution is -2.31. The number of alkyl halides is 1. The Morgan fingerprint density at radius 2 is 2.29 bits per heavy atom. The zero-order chi connectivity index (χ0) is 12.9. The zero-order valence-electron chi connectivity index (χ0n) is 9.93. The minimum atomic E-state index is -3.25. The molecular formula is C9H17ClN4O2S. The quantitative estimate of drug-likeness (QED) is 0.722. The smallest absolute Gasteiger partial charge is 0.211 e. The van der Waals surface area contributed by atoms with Gasteiger partial charge in [-0.1, -0.05) is 6.92 Å². The lowest BCUT2D eigenvalue weighted by molar-refractivity contribution is 0.568. The summed E-state index contributed by atoms with van der Waals surface area (Å²) in [6.07, 6.45) is 2.06. The highest BCUT2D eigenvalue weighted by molar-refractivity contribution is 7.89. The minimum absolute atomic E-state index is 0.0478. The van der Waals surface area contributed by atoms with Gasteiger partial charge in [-0.2, -0.15) is 5.10 Å². The Labute approximate surface area is 106 Å². The van der Waals surface area contributed by atoms with Gasteiger partial charge in [0.25, 0.3) is 0 Å². The van der Waals surface area contributed by atoms with E-state index in [1.54, 1.807) is 25.0 Å². The molecule has 1 aromatic heterocycles. The Kier molecular flexibility index (Phi) is 5.35. The highest BCUT2D eigenvalue weighted by atomic mass is 35.5. The van der Waals surface area contributed by atoms with E-state index < -0.39 is 10.0 Å². The Hall–Kier alpha value is -0.660. The number of nitrogens with zero attached hydrogens (tertiary/aromatic N) is 3. The van der Waals surface area contributed by atoms with Crippen LogP contribution in [0.4, 0.5) is 0 Å². The zero-order valence-corrected chi connectivity index (χ0v) is 11.5. The second-order valence-corrected chi connectivity index (χ2v) is 6.18. The van der Waals surface area contributed by atoms with Gasteiger partial charge in [0.2, 0.25) is 10.0 Å². The normalized spacial score (nSPS) is 13.8. The summed E-state index contributed by atoms with van der Waals surface area (Å²) >= 11 is 5.58. The molecule has 1 aromatic rings. The van der Waals surface area contributed by atoms with Gasteiger partial charge in [-0.3, -0.25) is 4.68 Å². The van der Waals surface area contributed by atoms with Gasteiger partial charge in [-0.15, -0.1) is 11.6 Å². The molecule has 0 saturated carbocycles. The summed E-state index contributed by atoms with van der Waals surface area (Å²) in [7, 11) is -1.49. The third kappa shape index (κ3) is 5.47. The number of aryl methyl sites for hydroxylation is 1. The molecule has 0 fully saturated rings. The molecule has 0 bridgehead atoms. The van der Waals surface area contributed by atoms with Crippen LogP contribution < -0.4 is 4.72 Å². The number of aromatic nitrogens is 3. The van der Waals surface area contributed by atoms with Crippen LogP contribution >= 0.6 is 11.6 Å². The Bertz CT molecular complexity index is 446.